The van der Waals surface area contributed by atoms with Gasteiger partial charge in [0.25, 0.3) is 0 Å². The molecule has 0 unspecified atom stereocenters. The Morgan fingerprint density at radius 2 is 2.33 bits per heavy atom. The molecule has 84 valence electrons. The molecule has 0 radical (unpaired) electrons. The van der Waals surface area contributed by atoms with Crippen molar-refractivity contribution in [2.75, 3.05) is 19.7 Å². The number of hydrogen-bond donors (Lipinski definition) is 0. The number of carbonyl (C=O) groups excluding carboxylic acids is 2. The van der Waals surface area contributed by atoms with E-state index in [1.54, 1.807) is 4.90 Å². The van der Waals surface area contributed by atoms with Crippen LogP contribution in [0.4, 0.5) is 0 Å². The monoisotopic (exact) mass is 213 g/mol. The summed E-state index contributed by atoms with van der Waals surface area (Å²) in [6.45, 7) is 6.36. The van der Waals surface area contributed by atoms with Gasteiger partial charge in [-0.15, -0.1) is 0 Å². The van der Waals surface area contributed by atoms with Crippen LogP contribution in [0, 0.1) is 0 Å². The van der Waals surface area contributed by atoms with Gasteiger partial charge in [0.05, 0.1) is 0 Å². The lowest BCUT2D eigenvalue weighted by molar-refractivity contribution is -0.268. The smallest absolute Gasteiger partial charge is 0.340 e. The van der Waals surface area contributed by atoms with Gasteiger partial charge in [-0.1, -0.05) is 6.58 Å². The molecule has 1 heterocycles. The Bertz CT molecular complexity index is 275. The van der Waals surface area contributed by atoms with Crippen molar-refractivity contribution in [2.24, 2.45) is 0 Å². The topological polar surface area (TPSA) is 55.8 Å². The molecule has 0 bridgehead atoms. The molecule has 0 N–H and O–H groups in total. The lowest BCUT2D eigenvalue weighted by Crippen LogP contribution is -2.28. The molecule has 15 heavy (non-hydrogen) atoms. The highest BCUT2D eigenvalue weighted by Crippen LogP contribution is 2.08. The molecular formula is C10H15NO4. The van der Waals surface area contributed by atoms with Crippen molar-refractivity contribution in [2.45, 2.75) is 19.8 Å². The summed E-state index contributed by atoms with van der Waals surface area (Å²) in [4.78, 5) is 32.8. The third kappa shape index (κ3) is 3.71. The van der Waals surface area contributed by atoms with E-state index in [2.05, 4.69) is 16.4 Å². The highest BCUT2D eigenvalue weighted by molar-refractivity contribution is 5.86. The van der Waals surface area contributed by atoms with Gasteiger partial charge >= 0.3 is 5.97 Å². The van der Waals surface area contributed by atoms with Gasteiger partial charge in [0.1, 0.15) is 6.61 Å². The average Bonchev–Trinajstić information content (AvgIpc) is 2.58. The van der Waals surface area contributed by atoms with E-state index < -0.39 is 5.97 Å². The Balaban J connectivity index is 2.09. The molecule has 0 spiro atoms. The van der Waals surface area contributed by atoms with E-state index >= 15 is 0 Å². The van der Waals surface area contributed by atoms with Gasteiger partial charge in [-0.05, 0) is 13.3 Å². The van der Waals surface area contributed by atoms with Gasteiger partial charge in [-0.3, -0.25) is 9.68 Å². The van der Waals surface area contributed by atoms with Crippen molar-refractivity contribution in [1.82, 2.24) is 4.90 Å². The third-order valence-corrected chi connectivity index (χ3v) is 2.10. The van der Waals surface area contributed by atoms with Crippen molar-refractivity contribution < 1.29 is 19.4 Å². The summed E-state index contributed by atoms with van der Waals surface area (Å²) in [6.07, 6.45) is 1.50. The van der Waals surface area contributed by atoms with E-state index in [4.69, 9.17) is 0 Å². The fourth-order valence-electron chi connectivity index (χ4n) is 1.25. The Morgan fingerprint density at radius 3 is 2.87 bits per heavy atom. The highest BCUT2D eigenvalue weighted by Gasteiger charge is 2.19. The predicted molar refractivity (Wildman–Crippen MR) is 52.7 cm³/mol. The molecule has 0 saturated carbocycles. The molecule has 1 aliphatic rings. The molecular weight excluding hydrogens is 198 g/mol. The molecule has 0 aromatic heterocycles. The van der Waals surface area contributed by atoms with Crippen LogP contribution in [0.15, 0.2) is 12.2 Å². The molecule has 5 nitrogen and oxygen atoms in total. The lowest BCUT2D eigenvalue weighted by atomic mass is 10.4. The number of rotatable bonds is 5. The van der Waals surface area contributed by atoms with Crippen LogP contribution in [0.3, 0.4) is 0 Å². The van der Waals surface area contributed by atoms with Crippen LogP contribution in [-0.2, 0) is 19.4 Å². The molecule has 1 aliphatic heterocycles. The van der Waals surface area contributed by atoms with Gasteiger partial charge in [0, 0.05) is 25.1 Å². The standard InChI is InChI=1S/C10H15NO4/c1-8(2)10(13)15-14-7-6-11-5-3-4-9(11)12/h1,3-7H2,2H3. The van der Waals surface area contributed by atoms with E-state index in [0.29, 0.717) is 13.0 Å². The van der Waals surface area contributed by atoms with Gasteiger partial charge in [0.2, 0.25) is 5.91 Å². The maximum Gasteiger partial charge on any atom is 0.368 e. The first-order valence-corrected chi connectivity index (χ1v) is 4.88. The number of carbonyl (C=O) groups is 2. The molecule has 0 atom stereocenters. The molecule has 0 aromatic carbocycles. The van der Waals surface area contributed by atoms with Gasteiger partial charge in [-0.2, -0.15) is 4.89 Å². The Labute approximate surface area is 88.6 Å². The van der Waals surface area contributed by atoms with Gasteiger partial charge in [-0.25, -0.2) is 4.79 Å². The normalized spacial score (nSPS) is 15.5. The van der Waals surface area contributed by atoms with Gasteiger partial charge in [0.15, 0.2) is 0 Å². The van der Waals surface area contributed by atoms with Crippen LogP contribution < -0.4 is 0 Å². The fraction of sp³-hybridized carbons (Fsp3) is 0.600. The summed E-state index contributed by atoms with van der Waals surface area (Å²) < 4.78 is 0. The first-order chi connectivity index (χ1) is 7.11. The van der Waals surface area contributed by atoms with Crippen LogP contribution in [0.25, 0.3) is 0 Å². The maximum absolute atomic E-state index is 11.2. The summed E-state index contributed by atoms with van der Waals surface area (Å²) in [5, 5.41) is 0. The van der Waals surface area contributed by atoms with E-state index in [1.807, 2.05) is 0 Å². The highest BCUT2D eigenvalue weighted by atomic mass is 17.2. The van der Waals surface area contributed by atoms with E-state index in [-0.39, 0.29) is 18.1 Å². The second kappa shape index (κ2) is 5.50. The number of likely N-dealkylation sites (tertiary alicyclic amines) is 1. The molecule has 1 amide bonds. The summed E-state index contributed by atoms with van der Waals surface area (Å²) >= 11 is 0. The SMILES string of the molecule is C=C(C)C(=O)OOCCN1CCCC1=O. The van der Waals surface area contributed by atoms with Crippen LogP contribution in [0.2, 0.25) is 0 Å². The zero-order valence-electron chi connectivity index (χ0n) is 8.82. The summed E-state index contributed by atoms with van der Waals surface area (Å²) in [5.41, 5.74) is 0.284. The fourth-order valence-corrected chi connectivity index (χ4v) is 1.25. The van der Waals surface area contributed by atoms with Crippen molar-refractivity contribution in [1.29, 1.82) is 0 Å². The minimum atomic E-state index is -0.581. The molecule has 5 heteroatoms. The average molecular weight is 213 g/mol. The summed E-state index contributed by atoms with van der Waals surface area (Å²) in [5.74, 6) is -0.451. The zero-order valence-corrected chi connectivity index (χ0v) is 8.82. The molecule has 0 aromatic rings. The Morgan fingerprint density at radius 1 is 1.60 bits per heavy atom. The quantitative estimate of drug-likeness (QED) is 0.291. The third-order valence-electron chi connectivity index (χ3n) is 2.10. The summed E-state index contributed by atoms with van der Waals surface area (Å²) in [6, 6.07) is 0. The van der Waals surface area contributed by atoms with Gasteiger partial charge < -0.3 is 4.90 Å². The number of amides is 1. The van der Waals surface area contributed by atoms with Crippen molar-refractivity contribution in [3.05, 3.63) is 12.2 Å². The predicted octanol–water partition coefficient (Wildman–Crippen LogP) is 0.660. The minimum absolute atomic E-state index is 0.129. The number of hydrogen-bond acceptors (Lipinski definition) is 4. The minimum Gasteiger partial charge on any atom is -0.340 e. The molecule has 1 saturated heterocycles. The summed E-state index contributed by atoms with van der Waals surface area (Å²) in [7, 11) is 0. The van der Waals surface area contributed by atoms with Crippen LogP contribution in [0.1, 0.15) is 19.8 Å². The van der Waals surface area contributed by atoms with Crippen molar-refractivity contribution in [3.63, 3.8) is 0 Å². The molecule has 0 aliphatic carbocycles. The maximum atomic E-state index is 11.2. The second-order valence-electron chi connectivity index (χ2n) is 3.46. The first kappa shape index (κ1) is 11.7. The Kier molecular flexibility index (Phi) is 4.30. The van der Waals surface area contributed by atoms with E-state index in [1.165, 1.54) is 6.92 Å². The zero-order chi connectivity index (χ0) is 11.3. The molecule has 1 fully saturated rings. The van der Waals surface area contributed by atoms with Crippen molar-refractivity contribution >= 4 is 11.9 Å². The molecule has 1 rings (SSSR count). The second-order valence-corrected chi connectivity index (χ2v) is 3.46. The van der Waals surface area contributed by atoms with Crippen LogP contribution in [-0.4, -0.2) is 36.5 Å². The Hall–Kier alpha value is -1.36. The van der Waals surface area contributed by atoms with E-state index in [9.17, 15) is 9.59 Å². The lowest BCUT2D eigenvalue weighted by Gasteiger charge is -2.14. The first-order valence-electron chi connectivity index (χ1n) is 4.88. The largest absolute Gasteiger partial charge is 0.368 e. The van der Waals surface area contributed by atoms with Crippen LogP contribution >= 0.6 is 0 Å². The van der Waals surface area contributed by atoms with Crippen molar-refractivity contribution in [3.8, 4) is 0 Å². The van der Waals surface area contributed by atoms with E-state index in [0.717, 1.165) is 13.0 Å². The number of nitrogens with zero attached hydrogens (tertiary/aromatic N) is 1. The van der Waals surface area contributed by atoms with Crippen LogP contribution in [0.5, 0.6) is 0 Å².